The average molecular weight is 244 g/mol. The van der Waals surface area contributed by atoms with Crippen LogP contribution in [0.15, 0.2) is 18.2 Å². The van der Waals surface area contributed by atoms with Gasteiger partial charge in [-0.15, -0.1) is 0 Å². The summed E-state index contributed by atoms with van der Waals surface area (Å²) in [5.41, 5.74) is 10.8. The van der Waals surface area contributed by atoms with Gasteiger partial charge < -0.3 is 5.73 Å². The van der Waals surface area contributed by atoms with E-state index < -0.39 is 0 Å². The minimum Gasteiger partial charge on any atom is -0.330 e. The van der Waals surface area contributed by atoms with Crippen LogP contribution in [0.1, 0.15) is 49.8 Å². The molecule has 1 aromatic rings. The lowest BCUT2D eigenvalue weighted by Gasteiger charge is -2.41. The monoisotopic (exact) mass is 244 g/mol. The van der Waals surface area contributed by atoms with E-state index in [1.165, 1.54) is 36.0 Å². The summed E-state index contributed by atoms with van der Waals surface area (Å²) in [7, 11) is 0. The Hall–Kier alpha value is -0.860. The second-order valence-electron chi connectivity index (χ2n) is 6.32. The highest BCUT2D eigenvalue weighted by Gasteiger charge is 2.37. The highest BCUT2D eigenvalue weighted by Crippen LogP contribution is 2.43. The average Bonchev–Trinajstić information content (AvgIpc) is 2.71. The Labute approximate surface area is 110 Å². The summed E-state index contributed by atoms with van der Waals surface area (Å²) in [6.07, 6.45) is 3.89. The van der Waals surface area contributed by atoms with Crippen molar-refractivity contribution < 1.29 is 0 Å². The minimum atomic E-state index is 0.306. The Balaban J connectivity index is 1.88. The van der Waals surface area contributed by atoms with Crippen LogP contribution in [0, 0.1) is 0 Å². The van der Waals surface area contributed by atoms with Crippen LogP contribution in [0.5, 0.6) is 0 Å². The zero-order valence-corrected chi connectivity index (χ0v) is 11.6. The number of rotatable bonds is 3. The highest BCUT2D eigenvalue weighted by atomic mass is 15.2. The zero-order valence-electron chi connectivity index (χ0n) is 11.6. The van der Waals surface area contributed by atoms with E-state index in [1.54, 1.807) is 0 Å². The molecule has 0 bridgehead atoms. The molecule has 0 unspecified atom stereocenters. The van der Waals surface area contributed by atoms with Crippen molar-refractivity contribution in [3.8, 4) is 0 Å². The van der Waals surface area contributed by atoms with Crippen LogP contribution >= 0.6 is 0 Å². The van der Waals surface area contributed by atoms with Gasteiger partial charge in [0.15, 0.2) is 0 Å². The van der Waals surface area contributed by atoms with E-state index in [0.29, 0.717) is 11.5 Å². The van der Waals surface area contributed by atoms with Crippen molar-refractivity contribution in [3.63, 3.8) is 0 Å². The van der Waals surface area contributed by atoms with E-state index in [4.69, 9.17) is 5.73 Å². The summed E-state index contributed by atoms with van der Waals surface area (Å²) in [4.78, 5) is 2.53. The maximum atomic E-state index is 6.01. The van der Waals surface area contributed by atoms with Crippen molar-refractivity contribution in [1.82, 2.24) is 4.90 Å². The van der Waals surface area contributed by atoms with E-state index in [1.807, 2.05) is 0 Å². The van der Waals surface area contributed by atoms with Crippen molar-refractivity contribution >= 4 is 0 Å². The third-order valence-corrected chi connectivity index (χ3v) is 5.00. The fraction of sp³-hybridized carbons (Fsp3) is 0.625. The molecule has 2 aliphatic rings. The predicted molar refractivity (Wildman–Crippen MR) is 75.4 cm³/mol. The lowest BCUT2D eigenvalue weighted by atomic mass is 9.64. The first-order valence-electron chi connectivity index (χ1n) is 7.21. The molecule has 1 saturated carbocycles. The van der Waals surface area contributed by atoms with Crippen LogP contribution in [0.3, 0.4) is 0 Å². The van der Waals surface area contributed by atoms with Gasteiger partial charge in [0.2, 0.25) is 0 Å². The molecule has 0 saturated heterocycles. The Morgan fingerprint density at radius 3 is 2.50 bits per heavy atom. The van der Waals surface area contributed by atoms with Gasteiger partial charge in [-0.2, -0.15) is 0 Å². The fourth-order valence-corrected chi connectivity index (χ4v) is 3.33. The number of hydrogen-bond acceptors (Lipinski definition) is 2. The summed E-state index contributed by atoms with van der Waals surface area (Å²) >= 11 is 0. The molecule has 1 fully saturated rings. The topological polar surface area (TPSA) is 29.3 Å². The quantitative estimate of drug-likeness (QED) is 0.886. The second-order valence-corrected chi connectivity index (χ2v) is 6.32. The Bertz CT molecular complexity index is 441. The molecule has 0 spiro atoms. The molecule has 0 amide bonds. The van der Waals surface area contributed by atoms with Crippen LogP contribution in [-0.2, 0) is 18.5 Å². The summed E-state index contributed by atoms with van der Waals surface area (Å²) in [5.74, 6) is 0. The standard InChI is InChI=1S/C16H24N2/c1-12(2)18-9-13-4-5-15(8-14(13)10-18)16(11-17)6-3-7-16/h4-5,8,12H,3,6-7,9-11,17H2,1-2H3. The molecule has 3 rings (SSSR count). The lowest BCUT2D eigenvalue weighted by molar-refractivity contribution is 0.227. The van der Waals surface area contributed by atoms with Gasteiger partial charge in [0.1, 0.15) is 0 Å². The van der Waals surface area contributed by atoms with Gasteiger partial charge >= 0.3 is 0 Å². The molecule has 1 aromatic carbocycles. The van der Waals surface area contributed by atoms with E-state index in [0.717, 1.165) is 19.6 Å². The first-order valence-corrected chi connectivity index (χ1v) is 7.21. The first-order chi connectivity index (χ1) is 8.64. The van der Waals surface area contributed by atoms with Gasteiger partial charge in [-0.25, -0.2) is 0 Å². The van der Waals surface area contributed by atoms with Crippen molar-refractivity contribution in [3.05, 3.63) is 34.9 Å². The second kappa shape index (κ2) is 4.36. The summed E-state index contributed by atoms with van der Waals surface area (Å²) in [6.45, 7) is 7.59. The van der Waals surface area contributed by atoms with Gasteiger partial charge in [-0.1, -0.05) is 24.6 Å². The molecule has 0 aromatic heterocycles. The van der Waals surface area contributed by atoms with Crippen molar-refractivity contribution in [2.45, 2.75) is 57.7 Å². The van der Waals surface area contributed by atoms with Crippen LogP contribution in [0.25, 0.3) is 0 Å². The predicted octanol–water partition coefficient (Wildman–Crippen LogP) is 2.79. The maximum absolute atomic E-state index is 6.01. The van der Waals surface area contributed by atoms with Gasteiger partial charge in [0.05, 0.1) is 0 Å². The van der Waals surface area contributed by atoms with Crippen molar-refractivity contribution in [2.24, 2.45) is 5.73 Å². The van der Waals surface area contributed by atoms with Crippen LogP contribution in [-0.4, -0.2) is 17.5 Å². The van der Waals surface area contributed by atoms with E-state index in [9.17, 15) is 0 Å². The SMILES string of the molecule is CC(C)N1Cc2ccc(C3(CN)CCC3)cc2C1. The summed E-state index contributed by atoms with van der Waals surface area (Å²) < 4.78 is 0. The summed E-state index contributed by atoms with van der Waals surface area (Å²) in [6, 6.07) is 7.73. The van der Waals surface area contributed by atoms with E-state index >= 15 is 0 Å². The van der Waals surface area contributed by atoms with Gasteiger partial charge in [-0.3, -0.25) is 4.90 Å². The van der Waals surface area contributed by atoms with Crippen LogP contribution < -0.4 is 5.73 Å². The Morgan fingerprint density at radius 1 is 1.22 bits per heavy atom. The molecule has 2 N–H and O–H groups in total. The van der Waals surface area contributed by atoms with Crippen LogP contribution in [0.4, 0.5) is 0 Å². The van der Waals surface area contributed by atoms with Gasteiger partial charge in [0.25, 0.3) is 0 Å². The Kier molecular flexibility index (Phi) is 2.95. The smallest absolute Gasteiger partial charge is 0.0243 e. The summed E-state index contributed by atoms with van der Waals surface area (Å²) in [5, 5.41) is 0. The normalized spacial score (nSPS) is 22.0. The molecular weight excluding hydrogens is 220 g/mol. The number of benzene rings is 1. The van der Waals surface area contributed by atoms with Gasteiger partial charge in [-0.05, 0) is 43.4 Å². The molecule has 1 aliphatic heterocycles. The maximum Gasteiger partial charge on any atom is 0.0243 e. The number of nitrogens with zero attached hydrogens (tertiary/aromatic N) is 1. The molecule has 0 atom stereocenters. The molecule has 98 valence electrons. The number of fused-ring (bicyclic) bond motifs is 1. The van der Waals surface area contributed by atoms with Crippen molar-refractivity contribution in [1.29, 1.82) is 0 Å². The van der Waals surface area contributed by atoms with Gasteiger partial charge in [0, 0.05) is 31.1 Å². The molecular formula is C16H24N2. The van der Waals surface area contributed by atoms with Crippen molar-refractivity contribution in [2.75, 3.05) is 6.54 Å². The lowest BCUT2D eigenvalue weighted by Crippen LogP contribution is -2.41. The number of nitrogens with two attached hydrogens (primary N) is 1. The highest BCUT2D eigenvalue weighted by molar-refractivity contribution is 5.39. The number of hydrogen-bond donors (Lipinski definition) is 1. The Morgan fingerprint density at radius 2 is 1.94 bits per heavy atom. The third-order valence-electron chi connectivity index (χ3n) is 5.00. The molecule has 2 heteroatoms. The first kappa shape index (κ1) is 12.2. The minimum absolute atomic E-state index is 0.306. The molecule has 18 heavy (non-hydrogen) atoms. The largest absolute Gasteiger partial charge is 0.330 e. The third kappa shape index (κ3) is 1.79. The van der Waals surface area contributed by atoms with Crippen LogP contribution in [0.2, 0.25) is 0 Å². The molecule has 2 nitrogen and oxygen atoms in total. The van der Waals surface area contributed by atoms with E-state index in [-0.39, 0.29) is 0 Å². The fourth-order valence-electron chi connectivity index (χ4n) is 3.33. The van der Waals surface area contributed by atoms with E-state index in [2.05, 4.69) is 36.9 Å². The molecule has 0 radical (unpaired) electrons. The zero-order chi connectivity index (χ0) is 12.8. The molecule has 1 heterocycles. The molecule has 1 aliphatic carbocycles.